The van der Waals surface area contributed by atoms with Crippen LogP contribution in [0, 0.1) is 6.92 Å². The second-order valence-electron chi connectivity index (χ2n) is 7.64. The number of nitrogens with zero attached hydrogens (tertiary/aromatic N) is 4. The van der Waals surface area contributed by atoms with Crippen molar-refractivity contribution < 1.29 is 13.9 Å². The molecule has 0 aliphatic carbocycles. The average molecular weight is 493 g/mol. The molecule has 7 nitrogen and oxygen atoms in total. The zero-order valence-corrected chi connectivity index (χ0v) is 19.8. The minimum absolute atomic E-state index is 0.0960. The zero-order valence-electron chi connectivity index (χ0n) is 18.3. The van der Waals surface area contributed by atoms with E-state index >= 15 is 0 Å². The molecule has 0 aliphatic rings. The van der Waals surface area contributed by atoms with E-state index in [9.17, 15) is 4.79 Å². The SMILES string of the molecule is COc1ccc2c(c1)c(C(=O)c1nnc(-c3ccncc3)o1)c(C)n2Cc1ccc(Cl)cc1Cl. The first-order valence-corrected chi connectivity index (χ1v) is 11.1. The van der Waals surface area contributed by atoms with Crippen LogP contribution >= 0.6 is 23.2 Å². The predicted octanol–water partition coefficient (Wildman–Crippen LogP) is 5.99. The minimum Gasteiger partial charge on any atom is -0.497 e. The lowest BCUT2D eigenvalue weighted by molar-refractivity contribution is 0.100. The number of ether oxygens (including phenoxy) is 1. The van der Waals surface area contributed by atoms with Gasteiger partial charge in [-0.1, -0.05) is 29.3 Å². The summed E-state index contributed by atoms with van der Waals surface area (Å²) in [6.07, 6.45) is 3.24. The van der Waals surface area contributed by atoms with Gasteiger partial charge in [0.05, 0.1) is 12.7 Å². The van der Waals surface area contributed by atoms with Crippen LogP contribution in [0.4, 0.5) is 0 Å². The van der Waals surface area contributed by atoms with Crippen LogP contribution in [0.15, 0.2) is 65.3 Å². The zero-order chi connectivity index (χ0) is 23.8. The summed E-state index contributed by atoms with van der Waals surface area (Å²) in [6.45, 7) is 2.33. The molecule has 0 amide bonds. The third-order valence-corrected chi connectivity index (χ3v) is 6.23. The molecule has 5 rings (SSSR count). The Bertz CT molecular complexity index is 1530. The van der Waals surface area contributed by atoms with E-state index in [1.807, 2.05) is 35.8 Å². The maximum atomic E-state index is 13.6. The van der Waals surface area contributed by atoms with Crippen LogP contribution in [0.5, 0.6) is 5.75 Å². The number of hydrogen-bond acceptors (Lipinski definition) is 6. The molecule has 0 spiro atoms. The van der Waals surface area contributed by atoms with E-state index in [1.54, 1.807) is 43.8 Å². The Morgan fingerprint density at radius 2 is 1.85 bits per heavy atom. The largest absolute Gasteiger partial charge is 0.497 e. The Morgan fingerprint density at radius 3 is 2.59 bits per heavy atom. The van der Waals surface area contributed by atoms with Crippen LogP contribution < -0.4 is 4.74 Å². The Hall–Kier alpha value is -3.68. The number of ketones is 1. The quantitative estimate of drug-likeness (QED) is 0.270. The average Bonchev–Trinajstić information content (AvgIpc) is 3.44. The van der Waals surface area contributed by atoms with E-state index in [4.69, 9.17) is 32.4 Å². The van der Waals surface area contributed by atoms with Crippen molar-refractivity contribution in [1.82, 2.24) is 19.7 Å². The first-order valence-electron chi connectivity index (χ1n) is 10.4. The van der Waals surface area contributed by atoms with Crippen LogP contribution in [0.25, 0.3) is 22.4 Å². The number of hydrogen-bond donors (Lipinski definition) is 0. The number of aromatic nitrogens is 4. The maximum Gasteiger partial charge on any atom is 0.289 e. The molecule has 0 radical (unpaired) electrons. The highest BCUT2D eigenvalue weighted by atomic mass is 35.5. The lowest BCUT2D eigenvalue weighted by Gasteiger charge is -2.11. The van der Waals surface area contributed by atoms with Gasteiger partial charge in [-0.3, -0.25) is 9.78 Å². The van der Waals surface area contributed by atoms with Crippen molar-refractivity contribution in [1.29, 1.82) is 0 Å². The van der Waals surface area contributed by atoms with E-state index in [2.05, 4.69) is 15.2 Å². The van der Waals surface area contributed by atoms with Crippen molar-refractivity contribution in [2.75, 3.05) is 7.11 Å². The summed E-state index contributed by atoms with van der Waals surface area (Å²) in [6, 6.07) is 14.4. The molecular formula is C25H18Cl2N4O3. The summed E-state index contributed by atoms with van der Waals surface area (Å²) in [5.74, 6) is 0.412. The second kappa shape index (κ2) is 8.93. The fraction of sp³-hybridized carbons (Fsp3) is 0.120. The highest BCUT2D eigenvalue weighted by molar-refractivity contribution is 6.35. The third-order valence-electron chi connectivity index (χ3n) is 5.65. The Balaban J connectivity index is 1.62. The molecule has 3 heterocycles. The van der Waals surface area contributed by atoms with Crippen LogP contribution in [-0.4, -0.2) is 32.6 Å². The number of pyridine rings is 1. The molecule has 34 heavy (non-hydrogen) atoms. The molecule has 5 aromatic rings. The number of carbonyl (C=O) groups is 1. The number of halogens is 2. The fourth-order valence-corrected chi connectivity index (χ4v) is 4.40. The van der Waals surface area contributed by atoms with Gasteiger partial charge in [0.2, 0.25) is 5.89 Å². The first-order chi connectivity index (χ1) is 16.5. The maximum absolute atomic E-state index is 13.6. The molecule has 0 atom stereocenters. The van der Waals surface area contributed by atoms with Gasteiger partial charge in [-0.25, -0.2) is 0 Å². The number of rotatable bonds is 6. The highest BCUT2D eigenvalue weighted by Gasteiger charge is 2.26. The van der Waals surface area contributed by atoms with Crippen LogP contribution in [0.3, 0.4) is 0 Å². The van der Waals surface area contributed by atoms with Gasteiger partial charge in [0.15, 0.2) is 0 Å². The van der Waals surface area contributed by atoms with Crippen LogP contribution in [0.2, 0.25) is 10.0 Å². The van der Waals surface area contributed by atoms with Gasteiger partial charge in [-0.15, -0.1) is 10.2 Å². The van der Waals surface area contributed by atoms with Gasteiger partial charge in [0, 0.05) is 51.1 Å². The lowest BCUT2D eigenvalue weighted by atomic mass is 10.1. The Labute approximate surface area is 204 Å². The molecule has 3 aromatic heterocycles. The topological polar surface area (TPSA) is 83.0 Å². The third kappa shape index (κ3) is 3.93. The summed E-state index contributed by atoms with van der Waals surface area (Å²) in [7, 11) is 1.58. The van der Waals surface area contributed by atoms with Gasteiger partial charge in [-0.2, -0.15) is 0 Å². The normalized spacial score (nSPS) is 11.2. The monoisotopic (exact) mass is 492 g/mol. The lowest BCUT2D eigenvalue weighted by Crippen LogP contribution is -2.07. The molecule has 9 heteroatoms. The number of fused-ring (bicyclic) bond motifs is 1. The smallest absolute Gasteiger partial charge is 0.289 e. The molecule has 0 saturated heterocycles. The molecule has 0 fully saturated rings. The summed E-state index contributed by atoms with van der Waals surface area (Å²) >= 11 is 12.5. The van der Waals surface area contributed by atoms with Crippen molar-refractivity contribution in [3.05, 3.63) is 93.7 Å². The molecule has 0 bridgehead atoms. The molecule has 170 valence electrons. The van der Waals surface area contributed by atoms with E-state index in [0.717, 1.165) is 22.2 Å². The van der Waals surface area contributed by atoms with Gasteiger partial charge in [0.1, 0.15) is 5.75 Å². The van der Waals surface area contributed by atoms with E-state index < -0.39 is 0 Å². The summed E-state index contributed by atoms with van der Waals surface area (Å²) in [5.41, 5.74) is 3.60. The summed E-state index contributed by atoms with van der Waals surface area (Å²) < 4.78 is 13.2. The summed E-state index contributed by atoms with van der Waals surface area (Å²) in [4.78, 5) is 17.6. The van der Waals surface area contributed by atoms with Crippen LogP contribution in [0.1, 0.15) is 27.5 Å². The van der Waals surface area contributed by atoms with Crippen LogP contribution in [-0.2, 0) is 6.54 Å². The van der Waals surface area contributed by atoms with Crippen molar-refractivity contribution in [2.24, 2.45) is 0 Å². The van der Waals surface area contributed by atoms with E-state index in [0.29, 0.717) is 33.5 Å². The van der Waals surface area contributed by atoms with Crippen molar-refractivity contribution in [3.8, 4) is 17.2 Å². The van der Waals surface area contributed by atoms with Gasteiger partial charge in [0.25, 0.3) is 11.7 Å². The Kier molecular flexibility index (Phi) is 5.81. The number of methoxy groups -OCH3 is 1. The van der Waals surface area contributed by atoms with Crippen molar-refractivity contribution >= 4 is 39.9 Å². The van der Waals surface area contributed by atoms with Gasteiger partial charge >= 0.3 is 0 Å². The minimum atomic E-state index is -0.371. The Morgan fingerprint density at radius 1 is 1.06 bits per heavy atom. The van der Waals surface area contributed by atoms with Crippen molar-refractivity contribution in [2.45, 2.75) is 13.5 Å². The molecule has 0 aliphatic heterocycles. The molecule has 0 N–H and O–H groups in total. The highest BCUT2D eigenvalue weighted by Crippen LogP contribution is 2.33. The van der Waals surface area contributed by atoms with Crippen molar-refractivity contribution in [3.63, 3.8) is 0 Å². The number of carbonyl (C=O) groups excluding carboxylic acids is 1. The number of benzene rings is 2. The van der Waals surface area contributed by atoms with E-state index in [-0.39, 0.29) is 17.6 Å². The first kappa shape index (κ1) is 22.1. The fourth-order valence-electron chi connectivity index (χ4n) is 3.93. The molecular weight excluding hydrogens is 475 g/mol. The predicted molar refractivity (Wildman–Crippen MR) is 130 cm³/mol. The molecule has 0 unspecified atom stereocenters. The second-order valence-corrected chi connectivity index (χ2v) is 8.49. The standard InChI is InChI=1S/C25H18Cl2N4O3/c1-14-22(23(32)25-30-29-24(34-25)15-7-9-28-10-8-15)19-12-18(33-2)5-6-21(19)31(14)13-16-3-4-17(26)11-20(16)27/h3-12H,13H2,1-2H3. The summed E-state index contributed by atoms with van der Waals surface area (Å²) in [5, 5.41) is 9.89. The molecule has 2 aromatic carbocycles. The van der Waals surface area contributed by atoms with Gasteiger partial charge in [-0.05, 0) is 55.0 Å². The van der Waals surface area contributed by atoms with E-state index in [1.165, 1.54) is 0 Å². The molecule has 0 saturated carbocycles. The van der Waals surface area contributed by atoms with Gasteiger partial charge < -0.3 is 13.7 Å².